The van der Waals surface area contributed by atoms with Crippen LogP contribution in [0.3, 0.4) is 0 Å². The summed E-state index contributed by atoms with van der Waals surface area (Å²) < 4.78 is 12.3. The van der Waals surface area contributed by atoms with E-state index in [0.29, 0.717) is 0 Å². The van der Waals surface area contributed by atoms with E-state index in [2.05, 4.69) is 15.0 Å². The highest BCUT2D eigenvalue weighted by atomic mass is 16.7. The minimum atomic E-state index is -2.95. The number of fused-ring (bicyclic) bond motifs is 1. The van der Waals surface area contributed by atoms with Crippen LogP contribution in [-0.2, 0) is 4.74 Å². The van der Waals surface area contributed by atoms with E-state index in [1.807, 2.05) is 0 Å². The fourth-order valence-corrected chi connectivity index (χ4v) is 3.01. The van der Waals surface area contributed by atoms with Crippen molar-refractivity contribution in [1.29, 1.82) is 0 Å². The molecule has 3 aromatic rings. The lowest BCUT2D eigenvalue weighted by molar-refractivity contribution is -0.342. The van der Waals surface area contributed by atoms with Crippen molar-refractivity contribution in [3.63, 3.8) is 0 Å². The number of aromatic nitrogens is 4. The van der Waals surface area contributed by atoms with Crippen LogP contribution in [0.1, 0.15) is 6.23 Å². The number of hydrogen-bond donors (Lipinski definition) is 5. The summed E-state index contributed by atoms with van der Waals surface area (Å²) in [6.07, 6.45) is -0.636. The molecule has 1 aromatic carbocycles. The van der Waals surface area contributed by atoms with Gasteiger partial charge in [-0.2, -0.15) is 0 Å². The monoisotopic (exact) mass is 375 g/mol. The quantitative estimate of drug-likeness (QED) is 0.347. The molecule has 11 nitrogen and oxygen atoms in total. The fourth-order valence-electron chi connectivity index (χ4n) is 3.01. The van der Waals surface area contributed by atoms with Crippen LogP contribution in [0.2, 0.25) is 0 Å². The minimum Gasteiger partial charge on any atom is -0.453 e. The molecule has 1 aliphatic heterocycles. The van der Waals surface area contributed by atoms with Gasteiger partial charge in [-0.1, -0.05) is 18.2 Å². The first kappa shape index (κ1) is 17.6. The normalized spacial score (nSPS) is 27.1. The number of benzene rings is 1. The Balaban J connectivity index is 1.85. The molecule has 11 heteroatoms. The standard InChI is InChI=1S/C16H17N5O6/c17-12-11-13(19-7-18-12)21(8-20-11)14-16(25,15(23,24)10(6-22)26-14)27-9-4-2-1-3-5-9/h1-5,7-8,10,14,22-25H,6H2,(H2,17,18,19)/t10-,14-,16-/m1/s1. The van der Waals surface area contributed by atoms with Crippen LogP contribution in [0.25, 0.3) is 11.2 Å². The van der Waals surface area contributed by atoms with Crippen molar-refractivity contribution in [2.45, 2.75) is 23.9 Å². The van der Waals surface area contributed by atoms with Gasteiger partial charge in [-0.25, -0.2) is 15.0 Å². The van der Waals surface area contributed by atoms with Crippen molar-refractivity contribution in [2.24, 2.45) is 0 Å². The third kappa shape index (κ3) is 2.52. The zero-order valence-electron chi connectivity index (χ0n) is 13.9. The maximum Gasteiger partial charge on any atom is 0.311 e. The van der Waals surface area contributed by atoms with Gasteiger partial charge >= 0.3 is 5.79 Å². The van der Waals surface area contributed by atoms with E-state index < -0.39 is 30.5 Å². The van der Waals surface area contributed by atoms with Crippen LogP contribution in [0.4, 0.5) is 5.82 Å². The largest absolute Gasteiger partial charge is 0.453 e. The average Bonchev–Trinajstić information content (AvgIpc) is 3.15. The van der Waals surface area contributed by atoms with Gasteiger partial charge in [0, 0.05) is 0 Å². The van der Waals surface area contributed by atoms with E-state index in [1.165, 1.54) is 29.4 Å². The Morgan fingerprint density at radius 1 is 1.15 bits per heavy atom. The van der Waals surface area contributed by atoms with Crippen molar-refractivity contribution < 1.29 is 29.9 Å². The number of aliphatic hydroxyl groups excluding tert-OH is 1. The summed E-state index contributed by atoms with van der Waals surface area (Å²) in [5.74, 6) is -5.40. The molecule has 142 valence electrons. The first-order valence-electron chi connectivity index (χ1n) is 7.99. The molecule has 0 amide bonds. The molecule has 4 rings (SSSR count). The summed E-state index contributed by atoms with van der Waals surface area (Å²) in [6, 6.07) is 8.05. The molecule has 0 spiro atoms. The molecular formula is C16H17N5O6. The number of nitrogen functional groups attached to an aromatic ring is 1. The first-order chi connectivity index (χ1) is 12.9. The molecule has 6 N–H and O–H groups in total. The van der Waals surface area contributed by atoms with Gasteiger partial charge in [-0.05, 0) is 12.1 Å². The molecule has 0 radical (unpaired) electrons. The Labute approximate surface area is 152 Å². The lowest BCUT2D eigenvalue weighted by atomic mass is 10.0. The van der Waals surface area contributed by atoms with Gasteiger partial charge in [0.15, 0.2) is 11.5 Å². The smallest absolute Gasteiger partial charge is 0.311 e. The van der Waals surface area contributed by atoms with Crippen LogP contribution in [0.15, 0.2) is 43.0 Å². The van der Waals surface area contributed by atoms with Crippen molar-refractivity contribution in [1.82, 2.24) is 19.5 Å². The number of nitrogens with two attached hydrogens (primary N) is 1. The zero-order chi connectivity index (χ0) is 19.2. The summed E-state index contributed by atoms with van der Waals surface area (Å²) in [6.45, 7) is -0.784. The molecular weight excluding hydrogens is 358 g/mol. The number of imidazole rings is 1. The number of ether oxygens (including phenoxy) is 2. The SMILES string of the molecule is Nc1ncnc2c1ncn2[C@@H]1O[C@H](CO)C(O)(O)[C@]1(O)Oc1ccccc1. The van der Waals surface area contributed by atoms with Crippen LogP contribution < -0.4 is 10.5 Å². The molecule has 2 aromatic heterocycles. The molecule has 0 saturated carbocycles. The number of rotatable bonds is 4. The Hall–Kier alpha value is -2.83. The molecule has 27 heavy (non-hydrogen) atoms. The van der Waals surface area contributed by atoms with Gasteiger partial charge in [-0.3, -0.25) is 4.57 Å². The van der Waals surface area contributed by atoms with E-state index >= 15 is 0 Å². The van der Waals surface area contributed by atoms with Crippen molar-refractivity contribution in [3.8, 4) is 5.75 Å². The Bertz CT molecular complexity index is 964. The highest BCUT2D eigenvalue weighted by Gasteiger charge is 2.69. The Morgan fingerprint density at radius 3 is 2.59 bits per heavy atom. The van der Waals surface area contributed by atoms with E-state index in [4.69, 9.17) is 15.2 Å². The number of aliphatic hydroxyl groups is 4. The molecule has 3 heterocycles. The topological polar surface area (TPSA) is 169 Å². The number of hydrogen-bond acceptors (Lipinski definition) is 10. The molecule has 1 saturated heterocycles. The molecule has 3 atom stereocenters. The van der Waals surface area contributed by atoms with Gasteiger partial charge < -0.3 is 35.6 Å². The summed E-state index contributed by atoms with van der Waals surface area (Å²) in [5, 5.41) is 41.7. The van der Waals surface area contributed by atoms with E-state index in [-0.39, 0.29) is 22.7 Å². The van der Waals surface area contributed by atoms with Gasteiger partial charge in [0.25, 0.3) is 5.79 Å². The highest BCUT2D eigenvalue weighted by Crippen LogP contribution is 2.46. The summed E-state index contributed by atoms with van der Waals surface area (Å²) in [4.78, 5) is 12.0. The maximum absolute atomic E-state index is 11.2. The predicted molar refractivity (Wildman–Crippen MR) is 89.9 cm³/mol. The Kier molecular flexibility index (Phi) is 3.98. The molecule has 1 aliphatic rings. The first-order valence-corrected chi connectivity index (χ1v) is 7.99. The van der Waals surface area contributed by atoms with Crippen molar-refractivity contribution in [3.05, 3.63) is 43.0 Å². The second-order valence-corrected chi connectivity index (χ2v) is 6.08. The van der Waals surface area contributed by atoms with Crippen LogP contribution >= 0.6 is 0 Å². The molecule has 0 bridgehead atoms. The van der Waals surface area contributed by atoms with Gasteiger partial charge in [0.1, 0.15) is 23.7 Å². The molecule has 1 fully saturated rings. The summed E-state index contributed by atoms with van der Waals surface area (Å²) >= 11 is 0. The van der Waals surface area contributed by atoms with Gasteiger partial charge in [0.05, 0.1) is 12.9 Å². The average molecular weight is 375 g/mol. The van der Waals surface area contributed by atoms with Crippen molar-refractivity contribution in [2.75, 3.05) is 12.3 Å². The number of nitrogens with zero attached hydrogens (tertiary/aromatic N) is 4. The second kappa shape index (κ2) is 6.11. The molecule has 0 aliphatic carbocycles. The fraction of sp³-hybridized carbons (Fsp3) is 0.312. The van der Waals surface area contributed by atoms with E-state index in [1.54, 1.807) is 18.2 Å². The number of para-hydroxylation sites is 1. The predicted octanol–water partition coefficient (Wildman–Crippen LogP) is -1.25. The maximum atomic E-state index is 11.2. The van der Waals surface area contributed by atoms with Gasteiger partial charge in [-0.15, -0.1) is 0 Å². The van der Waals surface area contributed by atoms with Crippen molar-refractivity contribution >= 4 is 17.0 Å². The highest BCUT2D eigenvalue weighted by molar-refractivity contribution is 5.81. The third-order valence-electron chi connectivity index (χ3n) is 4.43. The van der Waals surface area contributed by atoms with Gasteiger partial charge in [0.2, 0.25) is 6.23 Å². The zero-order valence-corrected chi connectivity index (χ0v) is 13.9. The lowest BCUT2D eigenvalue weighted by Gasteiger charge is -2.36. The lowest BCUT2D eigenvalue weighted by Crippen LogP contribution is -2.62. The van der Waals surface area contributed by atoms with Crippen LogP contribution in [0.5, 0.6) is 5.75 Å². The summed E-state index contributed by atoms with van der Waals surface area (Å²) in [7, 11) is 0. The minimum absolute atomic E-state index is 0.0993. The summed E-state index contributed by atoms with van der Waals surface area (Å²) in [5.41, 5.74) is 6.18. The van der Waals surface area contributed by atoms with Crippen LogP contribution in [0, 0.1) is 0 Å². The van der Waals surface area contributed by atoms with Crippen LogP contribution in [-0.4, -0.2) is 64.2 Å². The van der Waals surface area contributed by atoms with E-state index in [0.717, 1.165) is 0 Å². The second-order valence-electron chi connectivity index (χ2n) is 6.08. The van der Waals surface area contributed by atoms with E-state index in [9.17, 15) is 20.4 Å². The number of anilines is 1. The Morgan fingerprint density at radius 2 is 1.89 bits per heavy atom. The third-order valence-corrected chi connectivity index (χ3v) is 4.43. The molecule has 0 unspecified atom stereocenters.